The quantitative estimate of drug-likeness (QED) is 0.623. The monoisotopic (exact) mass is 221 g/mol. The third-order valence-electron chi connectivity index (χ3n) is 1.09. The van der Waals surface area contributed by atoms with Crippen molar-refractivity contribution in [3.63, 3.8) is 0 Å². The van der Waals surface area contributed by atoms with E-state index >= 15 is 0 Å². The molecule has 0 aromatic heterocycles. The Bertz CT molecular complexity index is 321. The first-order valence-electron chi connectivity index (χ1n) is 2.83. The summed E-state index contributed by atoms with van der Waals surface area (Å²) in [6.45, 7) is 0. The second kappa shape index (κ2) is 3.58. The molecule has 0 spiro atoms. The van der Waals surface area contributed by atoms with Crippen LogP contribution in [-0.2, 0) is 14.9 Å². The van der Waals surface area contributed by atoms with Gasteiger partial charge >= 0.3 is 64.7 Å². The molecule has 0 bridgehead atoms. The van der Waals surface area contributed by atoms with E-state index in [1.165, 1.54) is 4.16 Å². The molecule has 0 radical (unpaired) electrons. The van der Waals surface area contributed by atoms with Gasteiger partial charge in [0.05, 0.1) is 0 Å². The Morgan fingerprint density at radius 3 is 2.40 bits per heavy atom. The molecule has 0 saturated heterocycles. The third kappa shape index (κ3) is 1.72. The molecule has 54 valence electrons. The van der Waals surface area contributed by atoms with Gasteiger partial charge in [0.25, 0.3) is 0 Å². The Balaban J connectivity index is 3.13. The van der Waals surface area contributed by atoms with Gasteiger partial charge < -0.3 is 0 Å². The summed E-state index contributed by atoms with van der Waals surface area (Å²) in [7, 11) is 0. The van der Waals surface area contributed by atoms with E-state index in [4.69, 9.17) is 10.6 Å². The van der Waals surface area contributed by atoms with Crippen molar-refractivity contribution in [1.29, 1.82) is 0 Å². The van der Waals surface area contributed by atoms with E-state index < -0.39 is 14.9 Å². The molecule has 0 atom stereocenters. The molecule has 1 aromatic rings. The van der Waals surface area contributed by atoms with Crippen molar-refractivity contribution in [2.75, 3.05) is 0 Å². The van der Waals surface area contributed by atoms with Crippen LogP contribution in [0.15, 0.2) is 30.3 Å². The zero-order valence-corrected chi connectivity index (χ0v) is 7.21. The van der Waals surface area contributed by atoms with Gasteiger partial charge in [-0.3, -0.25) is 0 Å². The van der Waals surface area contributed by atoms with E-state index in [9.17, 15) is 0 Å². The third-order valence-corrected chi connectivity index (χ3v) is 3.45. The summed E-state index contributed by atoms with van der Waals surface area (Å²) in [6.07, 6.45) is 0. The van der Waals surface area contributed by atoms with Gasteiger partial charge in [-0.25, -0.2) is 0 Å². The van der Waals surface area contributed by atoms with Crippen LogP contribution in [0, 0.1) is 4.92 Å². The van der Waals surface area contributed by atoms with Crippen LogP contribution < -0.4 is 9.89 Å². The second-order valence-corrected chi connectivity index (χ2v) is 4.89. The predicted molar refractivity (Wildman–Crippen MR) is 41.3 cm³/mol. The minimum absolute atomic E-state index is 1.19. The normalized spacial score (nSPS) is 13.2. The van der Waals surface area contributed by atoms with Crippen LogP contribution >= 0.6 is 0 Å². The van der Waals surface area contributed by atoms with Crippen LogP contribution in [-0.4, -0.2) is 4.73 Å². The maximum atomic E-state index is 5.76. The molecular formula is C8H9NRu. The van der Waals surface area contributed by atoms with Gasteiger partial charge in [-0.15, -0.1) is 0 Å². The van der Waals surface area contributed by atoms with Crippen molar-refractivity contribution in [1.82, 2.24) is 0 Å². The average molecular weight is 220 g/mol. The molecule has 0 unspecified atom stereocenters. The molecule has 0 aliphatic carbocycles. The summed E-state index contributed by atoms with van der Waals surface area (Å²) in [6, 6.07) is 9.96. The minimum atomic E-state index is -1.43. The van der Waals surface area contributed by atoms with Gasteiger partial charge in [-0.05, 0) is 0 Å². The number of benzene rings is 1. The van der Waals surface area contributed by atoms with Gasteiger partial charge in [-0.1, -0.05) is 0 Å². The number of hydrogen-bond acceptors (Lipinski definition) is 1. The molecule has 0 fully saturated rings. The van der Waals surface area contributed by atoms with E-state index in [2.05, 4.69) is 0 Å². The standard InChI is InChI=1S/C6H5.CH3N.CH.Ru/c1-2-4-6-5-3-1;1-2;;/h1-5H;1H,2H2;1H;. The summed E-state index contributed by atoms with van der Waals surface area (Å²) in [5.41, 5.74) is 5.32. The first-order chi connectivity index (χ1) is 4.84. The van der Waals surface area contributed by atoms with E-state index in [0.29, 0.717) is 0 Å². The van der Waals surface area contributed by atoms with E-state index in [1.54, 1.807) is 4.73 Å². The van der Waals surface area contributed by atoms with Gasteiger partial charge in [0.1, 0.15) is 0 Å². The van der Waals surface area contributed by atoms with Gasteiger partial charge in [0.15, 0.2) is 0 Å². The van der Waals surface area contributed by atoms with Crippen LogP contribution in [0.25, 0.3) is 0 Å². The molecular weight excluding hydrogens is 211 g/mol. The maximum absolute atomic E-state index is 5.76. The van der Waals surface area contributed by atoms with E-state index in [-0.39, 0.29) is 0 Å². The molecule has 1 rings (SSSR count). The van der Waals surface area contributed by atoms with Crippen molar-refractivity contribution in [3.05, 3.63) is 30.3 Å². The van der Waals surface area contributed by atoms with Crippen molar-refractivity contribution >= 4 is 8.89 Å². The zero-order chi connectivity index (χ0) is 7.40. The molecule has 0 saturated carbocycles. The van der Waals surface area contributed by atoms with Crippen LogP contribution in [0.4, 0.5) is 0 Å². The Kier molecular flexibility index (Phi) is 2.71. The molecule has 0 aliphatic rings. The van der Waals surface area contributed by atoms with Crippen molar-refractivity contribution in [3.8, 4) is 4.92 Å². The molecule has 2 heteroatoms. The molecule has 10 heavy (non-hydrogen) atoms. The average Bonchev–Trinajstić information content (AvgIpc) is 2.05. The van der Waals surface area contributed by atoms with Crippen LogP contribution in [0.1, 0.15) is 0 Å². The molecule has 1 nitrogen and oxygen atoms in total. The number of nitrogens with two attached hydrogens (primary N) is 1. The van der Waals surface area contributed by atoms with Crippen LogP contribution in [0.2, 0.25) is 0 Å². The van der Waals surface area contributed by atoms with Gasteiger partial charge in [0, 0.05) is 0 Å². The Labute approximate surface area is 65.0 Å². The van der Waals surface area contributed by atoms with Gasteiger partial charge in [0.2, 0.25) is 0 Å². The first-order valence-corrected chi connectivity index (χ1v) is 5.71. The van der Waals surface area contributed by atoms with Crippen molar-refractivity contribution in [2.24, 2.45) is 5.73 Å². The summed E-state index contributed by atoms with van der Waals surface area (Å²) in [5.74, 6) is 0. The number of hydrogen-bond donors (Lipinski definition) is 1. The van der Waals surface area contributed by atoms with Crippen molar-refractivity contribution in [2.45, 2.75) is 0 Å². The Morgan fingerprint density at radius 2 is 1.90 bits per heavy atom. The fraction of sp³-hybridized carbons (Fsp3) is 0. The van der Waals surface area contributed by atoms with Crippen LogP contribution in [0.3, 0.4) is 0 Å². The molecule has 0 heterocycles. The molecule has 0 amide bonds. The SMILES string of the molecule is [CH]#[Ru](=[CH]\N)/[c]1ccccc1. The van der Waals surface area contributed by atoms with Crippen LogP contribution in [0.5, 0.6) is 0 Å². The summed E-state index contributed by atoms with van der Waals surface area (Å²) >= 11 is -1.43. The molecule has 1 aromatic carbocycles. The van der Waals surface area contributed by atoms with Crippen molar-refractivity contribution < 1.29 is 14.9 Å². The summed E-state index contributed by atoms with van der Waals surface area (Å²) in [5, 5.41) is 0. The van der Waals surface area contributed by atoms with Gasteiger partial charge in [-0.2, -0.15) is 0 Å². The topological polar surface area (TPSA) is 26.0 Å². The predicted octanol–water partition coefficient (Wildman–Crippen LogP) is 0.237. The fourth-order valence-electron chi connectivity index (χ4n) is 0.614. The molecule has 0 aliphatic heterocycles. The summed E-state index contributed by atoms with van der Waals surface area (Å²) < 4.78 is 2.81. The summed E-state index contributed by atoms with van der Waals surface area (Å²) in [4.78, 5) is 5.76. The Hall–Kier alpha value is -0.547. The van der Waals surface area contributed by atoms with E-state index in [0.717, 1.165) is 0 Å². The molecule has 2 N–H and O–H groups in total. The van der Waals surface area contributed by atoms with E-state index in [1.807, 2.05) is 30.3 Å². The number of rotatable bonds is 0. The zero-order valence-electron chi connectivity index (χ0n) is 5.47. The fourth-order valence-corrected chi connectivity index (χ4v) is 1.95. The Morgan fingerprint density at radius 1 is 1.30 bits per heavy atom. The first kappa shape index (κ1) is 7.56. The second-order valence-electron chi connectivity index (χ2n) is 1.72.